The highest BCUT2D eigenvalue weighted by Gasteiger charge is 2.15. The predicted molar refractivity (Wildman–Crippen MR) is 73.2 cm³/mol. The standard InChI is InChI=1S/C12H11ClN4O3/c1-6-10(20-5-15-6)12(18)16-9-3-2-7(4-8(9)13)11(14)17-19/h2-5,19H,1H3,(H2,14,17)(H,16,18). The fraction of sp³-hybridized carbons (Fsp3) is 0.0833. The minimum Gasteiger partial charge on any atom is -0.438 e. The first-order valence-electron chi connectivity index (χ1n) is 5.52. The molecule has 0 aliphatic rings. The Morgan fingerprint density at radius 1 is 1.55 bits per heavy atom. The number of carbonyl (C=O) groups is 1. The molecule has 0 aliphatic heterocycles. The first-order chi connectivity index (χ1) is 9.52. The second-order valence-electron chi connectivity index (χ2n) is 3.90. The van der Waals surface area contributed by atoms with E-state index in [-0.39, 0.29) is 16.6 Å². The van der Waals surface area contributed by atoms with Crippen LogP contribution in [0.1, 0.15) is 21.8 Å². The maximum Gasteiger partial charge on any atom is 0.293 e. The number of aromatic nitrogens is 1. The van der Waals surface area contributed by atoms with Gasteiger partial charge >= 0.3 is 0 Å². The number of nitrogens with two attached hydrogens (primary N) is 1. The lowest BCUT2D eigenvalue weighted by Crippen LogP contribution is -2.15. The van der Waals surface area contributed by atoms with Crippen LogP contribution >= 0.6 is 11.6 Å². The quantitative estimate of drug-likeness (QED) is 0.347. The monoisotopic (exact) mass is 294 g/mol. The van der Waals surface area contributed by atoms with Crippen LogP contribution in [0.3, 0.4) is 0 Å². The van der Waals surface area contributed by atoms with Crippen molar-refractivity contribution in [2.45, 2.75) is 6.92 Å². The predicted octanol–water partition coefficient (Wildman–Crippen LogP) is 1.98. The van der Waals surface area contributed by atoms with Crippen molar-refractivity contribution >= 4 is 29.0 Å². The maximum absolute atomic E-state index is 11.9. The molecule has 7 nitrogen and oxygen atoms in total. The average Bonchev–Trinajstić information content (AvgIpc) is 2.86. The summed E-state index contributed by atoms with van der Waals surface area (Å²) >= 11 is 6.02. The van der Waals surface area contributed by atoms with E-state index >= 15 is 0 Å². The smallest absolute Gasteiger partial charge is 0.293 e. The molecule has 0 atom stereocenters. The molecule has 0 saturated carbocycles. The second kappa shape index (κ2) is 5.62. The zero-order valence-electron chi connectivity index (χ0n) is 10.4. The Hall–Kier alpha value is -2.54. The Kier molecular flexibility index (Phi) is 3.90. The SMILES string of the molecule is Cc1ncoc1C(=O)Nc1ccc(/C(N)=N/O)cc1Cl. The zero-order chi connectivity index (χ0) is 14.7. The van der Waals surface area contributed by atoms with E-state index < -0.39 is 5.91 Å². The summed E-state index contributed by atoms with van der Waals surface area (Å²) in [6, 6.07) is 4.57. The number of amides is 1. The molecule has 20 heavy (non-hydrogen) atoms. The van der Waals surface area contributed by atoms with E-state index in [1.165, 1.54) is 12.5 Å². The molecule has 4 N–H and O–H groups in total. The van der Waals surface area contributed by atoms with Crippen LogP contribution < -0.4 is 11.1 Å². The van der Waals surface area contributed by atoms with Gasteiger partial charge in [-0.15, -0.1) is 0 Å². The van der Waals surface area contributed by atoms with Crippen LogP contribution in [-0.4, -0.2) is 21.9 Å². The highest BCUT2D eigenvalue weighted by molar-refractivity contribution is 6.34. The van der Waals surface area contributed by atoms with Gasteiger partial charge in [-0.2, -0.15) is 0 Å². The van der Waals surface area contributed by atoms with Crippen molar-refractivity contribution in [2.75, 3.05) is 5.32 Å². The van der Waals surface area contributed by atoms with Gasteiger partial charge in [0.15, 0.2) is 12.2 Å². The van der Waals surface area contributed by atoms with Crippen molar-refractivity contribution in [3.8, 4) is 0 Å². The summed E-state index contributed by atoms with van der Waals surface area (Å²) in [5, 5.41) is 14.3. The second-order valence-corrected chi connectivity index (χ2v) is 4.31. The van der Waals surface area contributed by atoms with Crippen LogP contribution in [0.4, 0.5) is 5.69 Å². The molecule has 104 valence electrons. The van der Waals surface area contributed by atoms with Crippen molar-refractivity contribution in [1.29, 1.82) is 0 Å². The number of hydrogen-bond acceptors (Lipinski definition) is 5. The van der Waals surface area contributed by atoms with Crippen molar-refractivity contribution in [1.82, 2.24) is 4.98 Å². The summed E-state index contributed by atoms with van der Waals surface area (Å²) in [6.45, 7) is 1.65. The van der Waals surface area contributed by atoms with Gasteiger partial charge in [0.1, 0.15) is 0 Å². The Labute approximate surface area is 119 Å². The van der Waals surface area contributed by atoms with E-state index in [0.717, 1.165) is 0 Å². The number of rotatable bonds is 3. The molecule has 1 aromatic carbocycles. The molecule has 8 heteroatoms. The number of halogens is 1. The molecule has 2 rings (SSSR count). The van der Waals surface area contributed by atoms with Gasteiger partial charge in [-0.05, 0) is 25.1 Å². The Balaban J connectivity index is 2.23. The van der Waals surface area contributed by atoms with E-state index in [0.29, 0.717) is 16.9 Å². The third-order valence-corrected chi connectivity index (χ3v) is 2.89. The number of nitrogens with one attached hydrogen (secondary N) is 1. The lowest BCUT2D eigenvalue weighted by Gasteiger charge is -2.07. The fourth-order valence-electron chi connectivity index (χ4n) is 1.53. The molecule has 0 spiro atoms. The topological polar surface area (TPSA) is 114 Å². The zero-order valence-corrected chi connectivity index (χ0v) is 11.2. The molecule has 0 saturated heterocycles. The molecule has 0 aliphatic carbocycles. The van der Waals surface area contributed by atoms with Crippen molar-refractivity contribution in [2.24, 2.45) is 10.9 Å². The summed E-state index contributed by atoms with van der Waals surface area (Å²) in [5.41, 5.74) is 6.73. The minimum atomic E-state index is -0.460. The first-order valence-corrected chi connectivity index (χ1v) is 5.89. The van der Waals surface area contributed by atoms with E-state index in [2.05, 4.69) is 15.5 Å². The summed E-state index contributed by atoms with van der Waals surface area (Å²) < 4.78 is 4.98. The molecule has 0 fully saturated rings. The van der Waals surface area contributed by atoms with E-state index in [9.17, 15) is 4.79 Å². The summed E-state index contributed by atoms with van der Waals surface area (Å²) in [5.74, 6) is -0.420. The van der Waals surface area contributed by atoms with E-state index in [1.54, 1.807) is 19.1 Å². The van der Waals surface area contributed by atoms with Gasteiger partial charge in [0.25, 0.3) is 5.91 Å². The van der Waals surface area contributed by atoms with Gasteiger partial charge in [0, 0.05) is 5.56 Å². The average molecular weight is 295 g/mol. The van der Waals surface area contributed by atoms with Gasteiger partial charge in [-0.1, -0.05) is 16.8 Å². The van der Waals surface area contributed by atoms with Gasteiger partial charge < -0.3 is 20.7 Å². The summed E-state index contributed by atoms with van der Waals surface area (Å²) in [7, 11) is 0. The van der Waals surface area contributed by atoms with Crippen LogP contribution in [0.25, 0.3) is 0 Å². The largest absolute Gasteiger partial charge is 0.438 e. The van der Waals surface area contributed by atoms with Gasteiger partial charge in [-0.3, -0.25) is 4.79 Å². The molecule has 0 bridgehead atoms. The molecular formula is C12H11ClN4O3. The molecule has 1 aromatic heterocycles. The minimum absolute atomic E-state index is 0.0733. The van der Waals surface area contributed by atoms with Crippen molar-refractivity contribution in [3.05, 3.63) is 46.6 Å². The highest BCUT2D eigenvalue weighted by atomic mass is 35.5. The summed E-state index contributed by atoms with van der Waals surface area (Å²) in [4.78, 5) is 15.8. The first kappa shape index (κ1) is 13.9. The van der Waals surface area contributed by atoms with E-state index in [4.69, 9.17) is 27.0 Å². The molecule has 1 heterocycles. The molecule has 2 aromatic rings. The van der Waals surface area contributed by atoms with Crippen LogP contribution in [0.5, 0.6) is 0 Å². The molecule has 1 amide bonds. The van der Waals surface area contributed by atoms with Crippen LogP contribution in [0.2, 0.25) is 5.02 Å². The Morgan fingerprint density at radius 2 is 2.30 bits per heavy atom. The fourth-order valence-corrected chi connectivity index (χ4v) is 1.76. The van der Waals surface area contributed by atoms with Crippen LogP contribution in [0.15, 0.2) is 34.2 Å². The van der Waals surface area contributed by atoms with Gasteiger partial charge in [0.2, 0.25) is 5.76 Å². The third-order valence-electron chi connectivity index (χ3n) is 2.57. The highest BCUT2D eigenvalue weighted by Crippen LogP contribution is 2.24. The van der Waals surface area contributed by atoms with Gasteiger partial charge in [0.05, 0.1) is 16.4 Å². The third kappa shape index (κ3) is 2.72. The van der Waals surface area contributed by atoms with Crippen LogP contribution in [0, 0.1) is 6.92 Å². The number of oxime groups is 1. The number of benzene rings is 1. The van der Waals surface area contributed by atoms with Crippen LogP contribution in [-0.2, 0) is 0 Å². The number of nitrogens with zero attached hydrogens (tertiary/aromatic N) is 2. The number of hydrogen-bond donors (Lipinski definition) is 3. The number of oxazole rings is 1. The van der Waals surface area contributed by atoms with Gasteiger partial charge in [-0.25, -0.2) is 4.98 Å². The Bertz CT molecular complexity index is 681. The Morgan fingerprint density at radius 3 is 2.85 bits per heavy atom. The number of carbonyl (C=O) groups excluding carboxylic acids is 1. The molecule has 0 radical (unpaired) electrons. The lowest BCUT2D eigenvalue weighted by atomic mass is 10.2. The number of aryl methyl sites for hydroxylation is 1. The van der Waals surface area contributed by atoms with Crippen molar-refractivity contribution < 1.29 is 14.4 Å². The maximum atomic E-state index is 11.9. The van der Waals surface area contributed by atoms with Crippen molar-refractivity contribution in [3.63, 3.8) is 0 Å². The number of amidine groups is 1. The lowest BCUT2D eigenvalue weighted by molar-refractivity contribution is 0.0996. The summed E-state index contributed by atoms with van der Waals surface area (Å²) in [6.07, 6.45) is 1.19. The molecular weight excluding hydrogens is 284 g/mol. The molecule has 0 unspecified atom stereocenters. The number of anilines is 1. The van der Waals surface area contributed by atoms with E-state index in [1.807, 2.05) is 0 Å². The normalized spacial score (nSPS) is 11.4.